The second kappa shape index (κ2) is 5.34. The molecule has 1 atom stereocenters. The summed E-state index contributed by atoms with van der Waals surface area (Å²) >= 11 is 0. The smallest absolute Gasteiger partial charge is 0.330 e. The zero-order chi connectivity index (χ0) is 13.1. The van der Waals surface area contributed by atoms with Gasteiger partial charge in [0.2, 0.25) is 5.91 Å². The van der Waals surface area contributed by atoms with Crippen molar-refractivity contribution in [3.8, 4) is 0 Å². The molecule has 0 saturated carbocycles. The molecule has 0 aliphatic carbocycles. The Kier molecular flexibility index (Phi) is 4.32. The molecular weight excluding hydrogens is 218 g/mol. The summed E-state index contributed by atoms with van der Waals surface area (Å²) in [7, 11) is 0. The van der Waals surface area contributed by atoms with Crippen molar-refractivity contribution in [3.05, 3.63) is 12.7 Å². The van der Waals surface area contributed by atoms with Gasteiger partial charge >= 0.3 is 5.97 Å². The first-order chi connectivity index (χ1) is 7.84. The van der Waals surface area contributed by atoms with Crippen LogP contribution >= 0.6 is 0 Å². The van der Waals surface area contributed by atoms with Gasteiger partial charge in [-0.25, -0.2) is 4.79 Å². The fourth-order valence-corrected chi connectivity index (χ4v) is 1.97. The lowest BCUT2D eigenvalue weighted by molar-refractivity contribution is -0.147. The van der Waals surface area contributed by atoms with Gasteiger partial charge in [-0.15, -0.1) is 0 Å². The summed E-state index contributed by atoms with van der Waals surface area (Å²) in [6, 6.07) is 0. The van der Waals surface area contributed by atoms with Crippen LogP contribution in [-0.4, -0.2) is 35.0 Å². The van der Waals surface area contributed by atoms with E-state index in [9.17, 15) is 9.59 Å². The number of hydrogen-bond donors (Lipinski definition) is 0. The van der Waals surface area contributed by atoms with Crippen LogP contribution in [0.25, 0.3) is 0 Å². The third-order valence-electron chi connectivity index (χ3n) is 2.86. The molecule has 0 aromatic rings. The topological polar surface area (TPSA) is 46.6 Å². The van der Waals surface area contributed by atoms with Crippen LogP contribution in [0.15, 0.2) is 12.7 Å². The van der Waals surface area contributed by atoms with Gasteiger partial charge in [-0.05, 0) is 33.6 Å². The minimum absolute atomic E-state index is 0.134. The highest BCUT2D eigenvalue weighted by atomic mass is 16.5. The Morgan fingerprint density at radius 1 is 1.53 bits per heavy atom. The van der Waals surface area contributed by atoms with Crippen LogP contribution in [0.1, 0.15) is 40.0 Å². The van der Waals surface area contributed by atoms with Gasteiger partial charge in [0.05, 0.1) is 6.54 Å². The fraction of sp³-hybridized carbons (Fsp3) is 0.692. The SMILES string of the molecule is C=CC(=O)OC1CCCC(=O)N(C(C)(C)C)C1. The minimum Gasteiger partial charge on any atom is -0.457 e. The van der Waals surface area contributed by atoms with E-state index >= 15 is 0 Å². The molecule has 1 aliphatic heterocycles. The van der Waals surface area contributed by atoms with Crippen LogP contribution in [0, 0.1) is 0 Å². The predicted molar refractivity (Wildman–Crippen MR) is 65.4 cm³/mol. The summed E-state index contributed by atoms with van der Waals surface area (Å²) in [6.07, 6.45) is 2.97. The Morgan fingerprint density at radius 3 is 2.71 bits per heavy atom. The van der Waals surface area contributed by atoms with Crippen LogP contribution in [0.5, 0.6) is 0 Å². The van der Waals surface area contributed by atoms with Gasteiger partial charge in [0.15, 0.2) is 0 Å². The Labute approximate surface area is 103 Å². The summed E-state index contributed by atoms with van der Waals surface area (Å²) in [5.74, 6) is -0.284. The normalized spacial score (nSPS) is 21.9. The van der Waals surface area contributed by atoms with Crippen LogP contribution < -0.4 is 0 Å². The Bertz CT molecular complexity index is 317. The highest BCUT2D eigenvalue weighted by Crippen LogP contribution is 2.22. The molecule has 1 amide bonds. The van der Waals surface area contributed by atoms with E-state index in [4.69, 9.17) is 4.74 Å². The van der Waals surface area contributed by atoms with Crippen molar-refractivity contribution in [2.45, 2.75) is 51.7 Å². The molecule has 0 radical (unpaired) electrons. The highest BCUT2D eigenvalue weighted by Gasteiger charge is 2.32. The number of esters is 1. The second-order valence-corrected chi connectivity index (χ2v) is 5.33. The molecular formula is C13H21NO3. The Hall–Kier alpha value is -1.32. The molecule has 1 saturated heterocycles. The molecule has 1 heterocycles. The van der Waals surface area contributed by atoms with Gasteiger partial charge in [0, 0.05) is 18.0 Å². The van der Waals surface area contributed by atoms with Crippen molar-refractivity contribution in [3.63, 3.8) is 0 Å². The van der Waals surface area contributed by atoms with Crippen LogP contribution in [0.2, 0.25) is 0 Å². The average molecular weight is 239 g/mol. The molecule has 0 N–H and O–H groups in total. The maximum absolute atomic E-state index is 11.9. The number of carbonyl (C=O) groups excluding carboxylic acids is 2. The van der Waals surface area contributed by atoms with Gasteiger partial charge in [0.1, 0.15) is 6.10 Å². The number of hydrogen-bond acceptors (Lipinski definition) is 3. The lowest BCUT2D eigenvalue weighted by Gasteiger charge is -2.36. The van der Waals surface area contributed by atoms with E-state index in [1.165, 1.54) is 0 Å². The molecule has 0 spiro atoms. The summed E-state index contributed by atoms with van der Waals surface area (Å²) in [5, 5.41) is 0. The van der Waals surface area contributed by atoms with Crippen LogP contribution in [0.4, 0.5) is 0 Å². The largest absolute Gasteiger partial charge is 0.457 e. The molecule has 4 heteroatoms. The molecule has 0 aromatic heterocycles. The monoisotopic (exact) mass is 239 g/mol. The average Bonchev–Trinajstić information content (AvgIpc) is 2.40. The van der Waals surface area contributed by atoms with Gasteiger partial charge in [-0.3, -0.25) is 4.79 Å². The third-order valence-corrected chi connectivity index (χ3v) is 2.86. The van der Waals surface area contributed by atoms with Crippen molar-refractivity contribution in [2.24, 2.45) is 0 Å². The molecule has 17 heavy (non-hydrogen) atoms. The number of rotatable bonds is 2. The summed E-state index contributed by atoms with van der Waals surface area (Å²) in [4.78, 5) is 24.9. The lowest BCUT2D eigenvalue weighted by atomic mass is 10.1. The molecule has 1 fully saturated rings. The highest BCUT2D eigenvalue weighted by molar-refractivity contribution is 5.81. The molecule has 4 nitrogen and oxygen atoms in total. The standard InChI is InChI=1S/C13H21NO3/c1-5-12(16)17-10-7-6-8-11(15)14(9-10)13(2,3)4/h5,10H,1,6-9H2,2-4H3. The number of likely N-dealkylation sites (tertiary alicyclic amines) is 1. The molecule has 1 unspecified atom stereocenters. The predicted octanol–water partition coefficient (Wildman–Crippen LogP) is 1.90. The van der Waals surface area contributed by atoms with Gasteiger partial charge in [-0.2, -0.15) is 0 Å². The Morgan fingerprint density at radius 2 is 2.18 bits per heavy atom. The van der Waals surface area contributed by atoms with E-state index in [1.54, 1.807) is 4.90 Å². The van der Waals surface area contributed by atoms with Crippen molar-refractivity contribution in [1.82, 2.24) is 4.90 Å². The van der Waals surface area contributed by atoms with E-state index in [0.29, 0.717) is 13.0 Å². The van der Waals surface area contributed by atoms with Crippen LogP contribution in [0.3, 0.4) is 0 Å². The first-order valence-electron chi connectivity index (χ1n) is 5.98. The number of ether oxygens (including phenoxy) is 1. The van der Waals surface area contributed by atoms with Crippen LogP contribution in [-0.2, 0) is 14.3 Å². The quantitative estimate of drug-likeness (QED) is 0.546. The third kappa shape index (κ3) is 3.88. The van der Waals surface area contributed by atoms with Crippen molar-refractivity contribution >= 4 is 11.9 Å². The molecule has 1 aliphatic rings. The minimum atomic E-state index is -0.418. The first-order valence-corrected chi connectivity index (χ1v) is 5.98. The first kappa shape index (κ1) is 13.7. The lowest BCUT2D eigenvalue weighted by Crippen LogP contribution is -2.48. The summed E-state index contributed by atoms with van der Waals surface area (Å²) in [5.41, 5.74) is -0.236. The van der Waals surface area contributed by atoms with Crippen molar-refractivity contribution in [2.75, 3.05) is 6.54 Å². The van der Waals surface area contributed by atoms with E-state index in [1.807, 2.05) is 20.8 Å². The van der Waals surface area contributed by atoms with Gasteiger partial charge < -0.3 is 9.64 Å². The van der Waals surface area contributed by atoms with E-state index in [-0.39, 0.29) is 17.6 Å². The summed E-state index contributed by atoms with van der Waals surface area (Å²) < 4.78 is 5.24. The molecule has 0 bridgehead atoms. The Balaban J connectivity index is 2.74. The van der Waals surface area contributed by atoms with Crippen molar-refractivity contribution in [1.29, 1.82) is 0 Å². The zero-order valence-corrected chi connectivity index (χ0v) is 10.9. The van der Waals surface area contributed by atoms with E-state index in [0.717, 1.165) is 18.9 Å². The summed E-state index contributed by atoms with van der Waals surface area (Å²) in [6.45, 7) is 9.82. The number of carbonyl (C=O) groups is 2. The van der Waals surface area contributed by atoms with Crippen molar-refractivity contribution < 1.29 is 14.3 Å². The maximum Gasteiger partial charge on any atom is 0.330 e. The number of amides is 1. The van der Waals surface area contributed by atoms with Gasteiger partial charge in [-0.1, -0.05) is 6.58 Å². The van der Waals surface area contributed by atoms with E-state index < -0.39 is 5.97 Å². The number of nitrogens with zero attached hydrogens (tertiary/aromatic N) is 1. The molecule has 1 rings (SSSR count). The second-order valence-electron chi connectivity index (χ2n) is 5.33. The zero-order valence-electron chi connectivity index (χ0n) is 10.9. The van der Waals surface area contributed by atoms with Gasteiger partial charge in [0.25, 0.3) is 0 Å². The van der Waals surface area contributed by atoms with E-state index in [2.05, 4.69) is 6.58 Å². The molecule has 96 valence electrons. The molecule has 0 aromatic carbocycles. The fourth-order valence-electron chi connectivity index (χ4n) is 1.97. The maximum atomic E-state index is 11.9.